The number of benzene rings is 2. The number of imide groups is 1. The molecular weight excluding hydrogens is 374 g/mol. The monoisotopic (exact) mass is 395 g/mol. The fraction of sp³-hybridized carbons (Fsp3) is 0.333. The Morgan fingerprint density at radius 1 is 1.00 bits per heavy atom. The maximum Gasteiger partial charge on any atom is 0.269 e. The maximum atomic E-state index is 13.2. The quantitative estimate of drug-likeness (QED) is 0.438. The Morgan fingerprint density at radius 3 is 2.24 bits per heavy atom. The molecule has 2 fully saturated rings. The standard InChI is InChI=1S/C21H21N3O5/c1-13(2)12-17-18-19(29-23(17)15-6-4-3-5-7-15)21(26)22(20(18)25)14-8-10-16(11-9-14)24(27)28/h3-11,13,17-19H,12H2,1-2H3/t17-,18+,19+/m1/s1. The number of carbonyl (C=O) groups is 2. The summed E-state index contributed by atoms with van der Waals surface area (Å²) in [6, 6.07) is 14.6. The number of nitro benzene ring substituents is 1. The van der Waals surface area contributed by atoms with E-state index in [0.717, 1.165) is 10.6 Å². The third-order valence-corrected chi connectivity index (χ3v) is 5.28. The number of carbonyl (C=O) groups excluding carboxylic acids is 2. The molecule has 4 rings (SSSR count). The summed E-state index contributed by atoms with van der Waals surface area (Å²) >= 11 is 0. The van der Waals surface area contributed by atoms with E-state index in [-0.39, 0.29) is 17.6 Å². The van der Waals surface area contributed by atoms with E-state index in [4.69, 9.17) is 4.84 Å². The molecule has 3 atom stereocenters. The van der Waals surface area contributed by atoms with Gasteiger partial charge in [0.1, 0.15) is 0 Å². The van der Waals surface area contributed by atoms with Gasteiger partial charge in [0.05, 0.1) is 28.3 Å². The molecule has 0 aromatic heterocycles. The summed E-state index contributed by atoms with van der Waals surface area (Å²) in [5.41, 5.74) is 1.02. The van der Waals surface area contributed by atoms with Gasteiger partial charge in [0.25, 0.3) is 11.6 Å². The molecule has 2 saturated heterocycles. The van der Waals surface area contributed by atoms with Crippen LogP contribution < -0.4 is 9.96 Å². The molecule has 0 bridgehead atoms. The molecule has 2 heterocycles. The first-order chi connectivity index (χ1) is 13.9. The highest BCUT2D eigenvalue weighted by Gasteiger charge is 2.59. The second-order valence-electron chi connectivity index (χ2n) is 7.70. The van der Waals surface area contributed by atoms with E-state index in [1.54, 1.807) is 5.06 Å². The van der Waals surface area contributed by atoms with Crippen molar-refractivity contribution < 1.29 is 19.3 Å². The number of amides is 2. The first-order valence-corrected chi connectivity index (χ1v) is 9.52. The fourth-order valence-electron chi connectivity index (χ4n) is 4.02. The lowest BCUT2D eigenvalue weighted by molar-refractivity contribution is -0.384. The van der Waals surface area contributed by atoms with Crippen LogP contribution in [-0.4, -0.2) is 28.9 Å². The summed E-state index contributed by atoms with van der Waals surface area (Å²) in [5.74, 6) is -1.11. The Morgan fingerprint density at radius 2 is 1.66 bits per heavy atom. The zero-order valence-electron chi connectivity index (χ0n) is 16.1. The smallest absolute Gasteiger partial charge is 0.269 e. The van der Waals surface area contributed by atoms with Crippen LogP contribution >= 0.6 is 0 Å². The molecule has 2 amide bonds. The Balaban J connectivity index is 1.66. The molecule has 8 nitrogen and oxygen atoms in total. The summed E-state index contributed by atoms with van der Waals surface area (Å²) in [7, 11) is 0. The zero-order chi connectivity index (χ0) is 20.7. The first kappa shape index (κ1) is 19.1. The van der Waals surface area contributed by atoms with Gasteiger partial charge in [-0.1, -0.05) is 32.0 Å². The van der Waals surface area contributed by atoms with E-state index in [0.29, 0.717) is 18.0 Å². The summed E-state index contributed by atoms with van der Waals surface area (Å²) < 4.78 is 0. The Kier molecular flexibility index (Phi) is 4.79. The van der Waals surface area contributed by atoms with Crippen LogP contribution in [0.3, 0.4) is 0 Å². The molecule has 29 heavy (non-hydrogen) atoms. The van der Waals surface area contributed by atoms with Crippen molar-refractivity contribution in [2.24, 2.45) is 11.8 Å². The highest BCUT2D eigenvalue weighted by molar-refractivity contribution is 6.23. The lowest BCUT2D eigenvalue weighted by Gasteiger charge is -2.29. The van der Waals surface area contributed by atoms with E-state index in [1.807, 2.05) is 30.3 Å². The van der Waals surface area contributed by atoms with Crippen LogP contribution in [0.4, 0.5) is 17.1 Å². The van der Waals surface area contributed by atoms with Crippen molar-refractivity contribution in [1.29, 1.82) is 0 Å². The SMILES string of the molecule is CC(C)C[C@@H]1[C@@H]2C(=O)N(c3ccc([N+](=O)[O-])cc3)C(=O)[C@H]2ON1c1ccccc1. The fourth-order valence-corrected chi connectivity index (χ4v) is 4.02. The van der Waals surface area contributed by atoms with Crippen molar-refractivity contribution in [1.82, 2.24) is 0 Å². The summed E-state index contributed by atoms with van der Waals surface area (Å²) in [6.45, 7) is 4.12. The summed E-state index contributed by atoms with van der Waals surface area (Å²) in [4.78, 5) is 43.7. The lowest BCUT2D eigenvalue weighted by Crippen LogP contribution is -2.41. The second kappa shape index (κ2) is 7.29. The van der Waals surface area contributed by atoms with Gasteiger partial charge in [-0.05, 0) is 36.6 Å². The number of para-hydroxylation sites is 1. The van der Waals surface area contributed by atoms with Gasteiger partial charge in [-0.15, -0.1) is 0 Å². The molecular formula is C21H21N3O5. The van der Waals surface area contributed by atoms with Crippen molar-refractivity contribution in [3.8, 4) is 0 Å². The number of hydrogen-bond donors (Lipinski definition) is 0. The third kappa shape index (κ3) is 3.25. The molecule has 0 unspecified atom stereocenters. The number of hydroxylamine groups is 1. The average molecular weight is 395 g/mol. The van der Waals surface area contributed by atoms with E-state index in [9.17, 15) is 19.7 Å². The van der Waals surface area contributed by atoms with E-state index >= 15 is 0 Å². The molecule has 0 spiro atoms. The summed E-state index contributed by atoms with van der Waals surface area (Å²) in [6.07, 6.45) is -0.218. The Bertz CT molecular complexity index is 945. The third-order valence-electron chi connectivity index (χ3n) is 5.28. The molecule has 2 aliphatic rings. The number of nitro groups is 1. The van der Waals surface area contributed by atoms with Gasteiger partial charge in [0.2, 0.25) is 5.91 Å². The number of rotatable bonds is 5. The van der Waals surface area contributed by atoms with Crippen molar-refractivity contribution in [2.45, 2.75) is 32.4 Å². The van der Waals surface area contributed by atoms with Gasteiger partial charge in [-0.2, -0.15) is 0 Å². The highest BCUT2D eigenvalue weighted by atomic mass is 16.7. The number of hydrogen-bond acceptors (Lipinski definition) is 6. The van der Waals surface area contributed by atoms with Gasteiger partial charge < -0.3 is 0 Å². The predicted molar refractivity (Wildman–Crippen MR) is 106 cm³/mol. The zero-order valence-corrected chi connectivity index (χ0v) is 16.1. The molecule has 0 N–H and O–H groups in total. The lowest BCUT2D eigenvalue weighted by atomic mass is 9.90. The predicted octanol–water partition coefficient (Wildman–Crippen LogP) is 3.32. The van der Waals surface area contributed by atoms with Crippen LogP contribution in [0.15, 0.2) is 54.6 Å². The Hall–Kier alpha value is -3.26. The number of nitrogens with zero attached hydrogens (tertiary/aromatic N) is 3. The molecule has 0 saturated carbocycles. The van der Waals surface area contributed by atoms with Crippen LogP contribution in [0.2, 0.25) is 0 Å². The normalized spacial score (nSPS) is 23.8. The number of fused-ring (bicyclic) bond motifs is 1. The average Bonchev–Trinajstić information content (AvgIpc) is 3.18. The minimum Gasteiger partial charge on any atom is -0.273 e. The Labute approximate surface area is 167 Å². The largest absolute Gasteiger partial charge is 0.273 e. The number of non-ortho nitro benzene ring substituents is 1. The molecule has 2 aromatic rings. The summed E-state index contributed by atoms with van der Waals surface area (Å²) in [5, 5.41) is 12.6. The van der Waals surface area contributed by atoms with Gasteiger partial charge >= 0.3 is 0 Å². The van der Waals surface area contributed by atoms with Crippen LogP contribution in [0.25, 0.3) is 0 Å². The van der Waals surface area contributed by atoms with E-state index in [1.165, 1.54) is 24.3 Å². The second-order valence-corrected chi connectivity index (χ2v) is 7.70. The van der Waals surface area contributed by atoms with Crippen molar-refractivity contribution >= 4 is 28.9 Å². The molecule has 2 aromatic carbocycles. The van der Waals surface area contributed by atoms with Gasteiger partial charge in [-0.3, -0.25) is 24.5 Å². The van der Waals surface area contributed by atoms with Gasteiger partial charge in [0, 0.05) is 12.1 Å². The minimum atomic E-state index is -0.901. The van der Waals surface area contributed by atoms with Crippen molar-refractivity contribution in [2.75, 3.05) is 9.96 Å². The van der Waals surface area contributed by atoms with E-state index < -0.39 is 22.9 Å². The van der Waals surface area contributed by atoms with Gasteiger partial charge in [0.15, 0.2) is 6.10 Å². The van der Waals surface area contributed by atoms with Crippen LogP contribution in [0, 0.1) is 22.0 Å². The number of anilines is 2. The van der Waals surface area contributed by atoms with Crippen molar-refractivity contribution in [3.63, 3.8) is 0 Å². The van der Waals surface area contributed by atoms with Crippen LogP contribution in [0.5, 0.6) is 0 Å². The maximum absolute atomic E-state index is 13.2. The minimum absolute atomic E-state index is 0.0998. The molecule has 150 valence electrons. The van der Waals surface area contributed by atoms with Crippen LogP contribution in [0.1, 0.15) is 20.3 Å². The van der Waals surface area contributed by atoms with E-state index in [2.05, 4.69) is 13.8 Å². The first-order valence-electron chi connectivity index (χ1n) is 9.52. The van der Waals surface area contributed by atoms with Crippen LogP contribution in [-0.2, 0) is 14.4 Å². The molecule has 0 aliphatic carbocycles. The topological polar surface area (TPSA) is 93.0 Å². The highest BCUT2D eigenvalue weighted by Crippen LogP contribution is 2.42. The molecule has 0 radical (unpaired) electrons. The van der Waals surface area contributed by atoms with Crippen molar-refractivity contribution in [3.05, 3.63) is 64.7 Å². The molecule has 8 heteroatoms. The van der Waals surface area contributed by atoms with Gasteiger partial charge in [-0.25, -0.2) is 9.96 Å². The molecule has 2 aliphatic heterocycles.